The summed E-state index contributed by atoms with van der Waals surface area (Å²) in [5, 5.41) is 4.43. The summed E-state index contributed by atoms with van der Waals surface area (Å²) >= 11 is 0. The van der Waals surface area contributed by atoms with Gasteiger partial charge in [0.15, 0.2) is 5.95 Å². The van der Waals surface area contributed by atoms with Crippen LogP contribution < -0.4 is 22.6 Å². The third kappa shape index (κ3) is 9.87. The van der Waals surface area contributed by atoms with Crippen LogP contribution in [0.25, 0.3) is 0 Å². The Morgan fingerprint density at radius 1 is 1.12 bits per heavy atom. The fourth-order valence-electron chi connectivity index (χ4n) is 3.47. The number of hydrazine groups is 1. The number of rotatable bonds is 15. The standard InChI is InChI=1S/C24H39N7O/c1-2-3-5-8-19-11-13-20(14-12-19)23(32)28-15-16-31(27)18-21(25)9-6-4-7-10-22-17-29-24(26)30-22/h11-14,17-18H,2-10,15-16,25,27H2,1H3,(H,28,32)(H3,26,29,30)/b21-18-. The number of hydrogen-bond acceptors (Lipinski definition) is 6. The molecule has 0 aliphatic heterocycles. The Bertz CT molecular complexity index is 829. The number of carbonyl (C=O) groups excluding carboxylic acids is 1. The number of unbranched alkanes of at least 4 members (excludes halogenated alkanes) is 4. The summed E-state index contributed by atoms with van der Waals surface area (Å²) in [5.41, 5.74) is 15.4. The van der Waals surface area contributed by atoms with Gasteiger partial charge in [-0.25, -0.2) is 10.8 Å². The molecule has 2 aromatic rings. The number of anilines is 1. The number of aryl methyl sites for hydroxylation is 2. The first kappa shape index (κ1) is 25.3. The average Bonchev–Trinajstić information content (AvgIpc) is 3.19. The average molecular weight is 442 g/mol. The second kappa shape index (κ2) is 14.1. The first-order valence-corrected chi connectivity index (χ1v) is 11.6. The van der Waals surface area contributed by atoms with Gasteiger partial charge in [-0.3, -0.25) is 4.79 Å². The van der Waals surface area contributed by atoms with Crippen LogP contribution in [0.15, 0.2) is 42.4 Å². The van der Waals surface area contributed by atoms with Crippen molar-refractivity contribution in [2.45, 2.75) is 64.7 Å². The number of carbonyl (C=O) groups is 1. The van der Waals surface area contributed by atoms with Crippen LogP contribution in [0.5, 0.6) is 0 Å². The van der Waals surface area contributed by atoms with E-state index in [2.05, 4.69) is 22.2 Å². The Morgan fingerprint density at radius 3 is 2.56 bits per heavy atom. The van der Waals surface area contributed by atoms with Crippen molar-refractivity contribution in [2.24, 2.45) is 11.6 Å². The smallest absolute Gasteiger partial charge is 0.251 e. The number of nitrogens with one attached hydrogen (secondary N) is 2. The van der Waals surface area contributed by atoms with E-state index in [1.807, 2.05) is 24.3 Å². The highest BCUT2D eigenvalue weighted by Crippen LogP contribution is 2.10. The number of hydrogen-bond donors (Lipinski definition) is 5. The van der Waals surface area contributed by atoms with Crippen LogP contribution in [0.3, 0.4) is 0 Å². The molecule has 0 fully saturated rings. The monoisotopic (exact) mass is 441 g/mol. The van der Waals surface area contributed by atoms with Crippen LogP contribution in [-0.4, -0.2) is 34.0 Å². The van der Waals surface area contributed by atoms with Gasteiger partial charge in [0.1, 0.15) is 0 Å². The number of aromatic nitrogens is 2. The van der Waals surface area contributed by atoms with Crippen molar-refractivity contribution in [2.75, 3.05) is 18.8 Å². The second-order valence-corrected chi connectivity index (χ2v) is 8.21. The minimum Gasteiger partial charge on any atom is -0.401 e. The van der Waals surface area contributed by atoms with Crippen LogP contribution in [0.2, 0.25) is 0 Å². The molecule has 0 radical (unpaired) electrons. The predicted molar refractivity (Wildman–Crippen MR) is 130 cm³/mol. The molecule has 0 bridgehead atoms. The van der Waals surface area contributed by atoms with Gasteiger partial charge in [0, 0.05) is 29.7 Å². The largest absolute Gasteiger partial charge is 0.401 e. The van der Waals surface area contributed by atoms with Crippen molar-refractivity contribution in [3.63, 3.8) is 0 Å². The lowest BCUT2D eigenvalue weighted by Gasteiger charge is -2.15. The van der Waals surface area contributed by atoms with Crippen LogP contribution >= 0.6 is 0 Å². The lowest BCUT2D eigenvalue weighted by atomic mass is 10.1. The van der Waals surface area contributed by atoms with Crippen molar-refractivity contribution >= 4 is 11.9 Å². The Morgan fingerprint density at radius 2 is 1.88 bits per heavy atom. The Kier molecular flexibility index (Phi) is 11.2. The molecule has 176 valence electrons. The number of allylic oxidation sites excluding steroid dienone is 1. The molecule has 1 aromatic heterocycles. The molecule has 8 N–H and O–H groups in total. The summed E-state index contributed by atoms with van der Waals surface area (Å²) in [6.45, 7) is 3.14. The Hall–Kier alpha value is -3.00. The number of nitrogens with zero attached hydrogens (tertiary/aromatic N) is 2. The maximum atomic E-state index is 12.3. The van der Waals surface area contributed by atoms with E-state index < -0.39 is 0 Å². The fraction of sp³-hybridized carbons (Fsp3) is 0.500. The zero-order chi connectivity index (χ0) is 23.2. The van der Waals surface area contributed by atoms with Crippen LogP contribution in [0.1, 0.15) is 73.5 Å². The summed E-state index contributed by atoms with van der Waals surface area (Å²) in [7, 11) is 0. The SMILES string of the molecule is CCCCCc1ccc(C(=O)NCCN(N)/C=C(\N)CCCCCc2cnc(N)[nH]2)cc1. The minimum absolute atomic E-state index is 0.0884. The maximum absolute atomic E-state index is 12.3. The molecule has 0 aliphatic rings. The van der Waals surface area contributed by atoms with Gasteiger partial charge in [-0.2, -0.15) is 0 Å². The topological polar surface area (TPSA) is 139 Å². The number of nitrogens with two attached hydrogens (primary N) is 3. The van der Waals surface area contributed by atoms with E-state index in [1.165, 1.54) is 29.8 Å². The lowest BCUT2D eigenvalue weighted by molar-refractivity contribution is 0.0951. The first-order valence-electron chi connectivity index (χ1n) is 11.6. The number of aromatic amines is 1. The van der Waals surface area contributed by atoms with Gasteiger partial charge in [-0.1, -0.05) is 38.3 Å². The van der Waals surface area contributed by atoms with Crippen molar-refractivity contribution in [1.82, 2.24) is 20.3 Å². The fourth-order valence-corrected chi connectivity index (χ4v) is 3.47. The molecule has 0 spiro atoms. The normalized spacial score (nSPS) is 11.5. The lowest BCUT2D eigenvalue weighted by Crippen LogP contribution is -2.36. The minimum atomic E-state index is -0.0884. The van der Waals surface area contributed by atoms with E-state index >= 15 is 0 Å². The van der Waals surface area contributed by atoms with E-state index in [4.69, 9.17) is 17.3 Å². The molecular weight excluding hydrogens is 402 g/mol. The van der Waals surface area contributed by atoms with Gasteiger partial charge in [-0.05, 0) is 56.2 Å². The van der Waals surface area contributed by atoms with Gasteiger partial charge in [0.05, 0.1) is 12.7 Å². The Balaban J connectivity index is 1.59. The Labute approximate surface area is 191 Å². The number of nitrogen functional groups attached to an aromatic ring is 1. The first-order chi connectivity index (χ1) is 15.5. The van der Waals surface area contributed by atoms with Crippen molar-refractivity contribution in [3.8, 4) is 0 Å². The zero-order valence-corrected chi connectivity index (χ0v) is 19.3. The highest BCUT2D eigenvalue weighted by Gasteiger charge is 2.06. The van der Waals surface area contributed by atoms with Crippen LogP contribution in [0, 0.1) is 0 Å². The molecule has 0 aliphatic carbocycles. The van der Waals surface area contributed by atoms with Crippen molar-refractivity contribution in [3.05, 3.63) is 59.2 Å². The van der Waals surface area contributed by atoms with E-state index in [-0.39, 0.29) is 5.91 Å². The molecule has 2 rings (SSSR count). The van der Waals surface area contributed by atoms with E-state index in [0.717, 1.165) is 49.9 Å². The molecule has 1 aromatic carbocycles. The molecule has 0 saturated carbocycles. The molecule has 1 heterocycles. The summed E-state index contributed by atoms with van der Waals surface area (Å²) < 4.78 is 0. The number of amides is 1. The molecule has 1 amide bonds. The maximum Gasteiger partial charge on any atom is 0.251 e. The molecule has 8 heteroatoms. The van der Waals surface area contributed by atoms with Gasteiger partial charge in [-0.15, -0.1) is 0 Å². The highest BCUT2D eigenvalue weighted by atomic mass is 16.1. The van der Waals surface area contributed by atoms with Crippen molar-refractivity contribution < 1.29 is 4.79 Å². The van der Waals surface area contributed by atoms with E-state index in [0.29, 0.717) is 24.6 Å². The van der Waals surface area contributed by atoms with Gasteiger partial charge < -0.3 is 26.8 Å². The van der Waals surface area contributed by atoms with Gasteiger partial charge >= 0.3 is 0 Å². The molecule has 32 heavy (non-hydrogen) atoms. The quantitative estimate of drug-likeness (QED) is 0.163. The number of H-pyrrole nitrogens is 1. The summed E-state index contributed by atoms with van der Waals surface area (Å²) in [6.07, 6.45) is 13.0. The third-order valence-corrected chi connectivity index (χ3v) is 5.33. The summed E-state index contributed by atoms with van der Waals surface area (Å²) in [5.74, 6) is 6.36. The van der Waals surface area contributed by atoms with Crippen LogP contribution in [0.4, 0.5) is 5.95 Å². The molecule has 8 nitrogen and oxygen atoms in total. The number of benzene rings is 1. The summed E-state index contributed by atoms with van der Waals surface area (Å²) in [6, 6.07) is 7.84. The van der Waals surface area contributed by atoms with Crippen LogP contribution in [-0.2, 0) is 12.8 Å². The molecule has 0 atom stereocenters. The van der Waals surface area contributed by atoms with Gasteiger partial charge in [0.25, 0.3) is 5.91 Å². The summed E-state index contributed by atoms with van der Waals surface area (Å²) in [4.78, 5) is 19.3. The van der Waals surface area contributed by atoms with E-state index in [1.54, 1.807) is 12.4 Å². The third-order valence-electron chi connectivity index (χ3n) is 5.33. The van der Waals surface area contributed by atoms with Gasteiger partial charge in [0.2, 0.25) is 0 Å². The van der Waals surface area contributed by atoms with Crippen molar-refractivity contribution in [1.29, 1.82) is 0 Å². The molecule has 0 unspecified atom stereocenters. The molecular formula is C24H39N7O. The zero-order valence-electron chi connectivity index (χ0n) is 19.3. The predicted octanol–water partition coefficient (Wildman–Crippen LogP) is 3.23. The second-order valence-electron chi connectivity index (χ2n) is 8.21. The van der Waals surface area contributed by atoms with E-state index in [9.17, 15) is 4.79 Å². The highest BCUT2D eigenvalue weighted by molar-refractivity contribution is 5.94. The number of imidazole rings is 1. The molecule has 0 saturated heterocycles.